The van der Waals surface area contributed by atoms with Crippen molar-refractivity contribution in [2.75, 3.05) is 26.4 Å². The Balaban J connectivity index is 1.48. The second kappa shape index (κ2) is 8.46. The zero-order chi connectivity index (χ0) is 20.3. The fourth-order valence-corrected chi connectivity index (χ4v) is 4.46. The van der Waals surface area contributed by atoms with Crippen LogP contribution >= 0.6 is 0 Å². The van der Waals surface area contributed by atoms with E-state index in [1.54, 1.807) is 0 Å². The molecule has 5 nitrogen and oxygen atoms in total. The fourth-order valence-electron chi connectivity index (χ4n) is 4.46. The minimum atomic E-state index is -0.208. The highest BCUT2D eigenvalue weighted by atomic mass is 16.5. The smallest absolute Gasteiger partial charge is 0.318 e. The van der Waals surface area contributed by atoms with Crippen molar-refractivity contribution in [3.8, 4) is 5.75 Å². The lowest BCUT2D eigenvalue weighted by atomic mass is 9.78. The molecule has 154 valence electrons. The molecule has 1 unspecified atom stereocenters. The first-order valence-electron chi connectivity index (χ1n) is 10.5. The lowest BCUT2D eigenvalue weighted by Gasteiger charge is -2.54. The third-order valence-corrected chi connectivity index (χ3v) is 6.34. The third kappa shape index (κ3) is 4.10. The summed E-state index contributed by atoms with van der Waals surface area (Å²) < 4.78 is 11.7. The van der Waals surface area contributed by atoms with Crippen LogP contribution in [0.15, 0.2) is 48.5 Å². The van der Waals surface area contributed by atoms with Crippen molar-refractivity contribution in [2.45, 2.75) is 44.7 Å². The topological polar surface area (TPSA) is 50.8 Å². The minimum absolute atomic E-state index is 0.00268. The van der Waals surface area contributed by atoms with Crippen LogP contribution in [0, 0.1) is 13.8 Å². The maximum Gasteiger partial charge on any atom is 0.318 e. The summed E-state index contributed by atoms with van der Waals surface area (Å²) in [5.41, 5.74) is 3.24. The Hall–Kier alpha value is -2.53. The molecule has 2 aliphatic rings. The Kier molecular flexibility index (Phi) is 5.76. The number of nitrogens with zero attached hydrogens (tertiary/aromatic N) is 1. The van der Waals surface area contributed by atoms with Gasteiger partial charge in [-0.3, -0.25) is 0 Å². The van der Waals surface area contributed by atoms with Crippen molar-refractivity contribution < 1.29 is 14.3 Å². The monoisotopic (exact) mass is 394 g/mol. The maximum absolute atomic E-state index is 13.1. The molecular formula is C24H30N2O3. The molecule has 0 aromatic heterocycles. The summed E-state index contributed by atoms with van der Waals surface area (Å²) >= 11 is 0. The van der Waals surface area contributed by atoms with Crippen LogP contribution in [0.4, 0.5) is 4.79 Å². The van der Waals surface area contributed by atoms with Gasteiger partial charge < -0.3 is 19.7 Å². The van der Waals surface area contributed by atoms with Gasteiger partial charge in [-0.2, -0.15) is 0 Å². The molecule has 5 heteroatoms. The molecule has 4 rings (SSSR count). The molecule has 29 heavy (non-hydrogen) atoms. The van der Waals surface area contributed by atoms with E-state index >= 15 is 0 Å². The van der Waals surface area contributed by atoms with Crippen LogP contribution in [0.25, 0.3) is 0 Å². The number of hydrogen-bond acceptors (Lipinski definition) is 3. The number of carbonyl (C=O) groups is 1. The van der Waals surface area contributed by atoms with Gasteiger partial charge in [-0.15, -0.1) is 0 Å². The molecule has 2 aliphatic heterocycles. The summed E-state index contributed by atoms with van der Waals surface area (Å²) in [5, 5.41) is 3.24. The molecule has 1 spiro atoms. The van der Waals surface area contributed by atoms with E-state index in [-0.39, 0.29) is 17.6 Å². The van der Waals surface area contributed by atoms with Gasteiger partial charge in [-0.05, 0) is 49.8 Å². The van der Waals surface area contributed by atoms with Gasteiger partial charge in [0.25, 0.3) is 0 Å². The molecule has 2 heterocycles. The average Bonchev–Trinajstić information content (AvgIpc) is 2.73. The van der Waals surface area contributed by atoms with Gasteiger partial charge in [0.15, 0.2) is 0 Å². The van der Waals surface area contributed by atoms with Gasteiger partial charge in [0.1, 0.15) is 12.4 Å². The molecule has 0 bridgehead atoms. The van der Waals surface area contributed by atoms with Crippen LogP contribution in [0.3, 0.4) is 0 Å². The van der Waals surface area contributed by atoms with E-state index in [9.17, 15) is 4.79 Å². The Bertz CT molecular complexity index is 826. The predicted octanol–water partition coefficient (Wildman–Crippen LogP) is 4.39. The molecule has 0 radical (unpaired) electrons. The summed E-state index contributed by atoms with van der Waals surface area (Å²) in [6, 6.07) is 16.0. The average molecular weight is 395 g/mol. The quantitative estimate of drug-likeness (QED) is 0.818. The van der Waals surface area contributed by atoms with Crippen molar-refractivity contribution in [1.29, 1.82) is 0 Å². The van der Waals surface area contributed by atoms with Gasteiger partial charge in [-0.25, -0.2) is 4.79 Å². The lowest BCUT2D eigenvalue weighted by molar-refractivity contribution is -0.0635. The first-order chi connectivity index (χ1) is 14.1. The van der Waals surface area contributed by atoms with Crippen molar-refractivity contribution >= 4 is 6.03 Å². The second-order valence-electron chi connectivity index (χ2n) is 8.18. The third-order valence-electron chi connectivity index (χ3n) is 6.34. The van der Waals surface area contributed by atoms with E-state index in [2.05, 4.69) is 5.32 Å². The summed E-state index contributed by atoms with van der Waals surface area (Å²) in [5.74, 6) is 0.896. The number of urea groups is 1. The molecule has 2 aromatic rings. The van der Waals surface area contributed by atoms with Gasteiger partial charge >= 0.3 is 6.03 Å². The van der Waals surface area contributed by atoms with Gasteiger partial charge in [0, 0.05) is 19.8 Å². The van der Waals surface area contributed by atoms with Crippen LogP contribution in [-0.2, 0) is 4.74 Å². The summed E-state index contributed by atoms with van der Waals surface area (Å²) in [4.78, 5) is 15.2. The Morgan fingerprint density at radius 1 is 1.07 bits per heavy atom. The number of amides is 2. The first kappa shape index (κ1) is 19.8. The largest absolute Gasteiger partial charge is 0.491 e. The van der Waals surface area contributed by atoms with E-state index < -0.39 is 0 Å². The number of likely N-dealkylation sites (tertiary alicyclic amines) is 1. The van der Waals surface area contributed by atoms with Crippen molar-refractivity contribution in [3.05, 3.63) is 65.2 Å². The summed E-state index contributed by atoms with van der Waals surface area (Å²) in [7, 11) is 0. The van der Waals surface area contributed by atoms with Crippen LogP contribution in [-0.4, -0.2) is 42.8 Å². The molecular weight excluding hydrogens is 364 g/mol. The van der Waals surface area contributed by atoms with E-state index in [1.165, 1.54) is 0 Å². The highest BCUT2D eigenvalue weighted by molar-refractivity contribution is 5.76. The van der Waals surface area contributed by atoms with Crippen LogP contribution < -0.4 is 10.1 Å². The number of carbonyl (C=O) groups excluding carboxylic acids is 1. The normalized spacial score (nSPS) is 18.8. The van der Waals surface area contributed by atoms with E-state index in [0.29, 0.717) is 6.61 Å². The molecule has 2 saturated heterocycles. The van der Waals surface area contributed by atoms with Gasteiger partial charge in [0.05, 0.1) is 11.6 Å². The second-order valence-corrected chi connectivity index (χ2v) is 8.18. The maximum atomic E-state index is 13.1. The van der Waals surface area contributed by atoms with Crippen LogP contribution in [0.5, 0.6) is 5.75 Å². The number of nitrogens with one attached hydrogen (secondary N) is 1. The van der Waals surface area contributed by atoms with E-state index in [4.69, 9.17) is 9.47 Å². The molecule has 2 fully saturated rings. The number of aryl methyl sites for hydroxylation is 2. The standard InChI is InChI=1S/C24H30N2O3/c1-18-7-6-8-19(2)22(18)29-17-21(20-9-4-3-5-10-20)25-23(27)26-14-11-24(26)12-15-28-16-13-24/h3-10,21H,11-17H2,1-2H3,(H,25,27). The molecule has 0 aliphatic carbocycles. The first-order valence-corrected chi connectivity index (χ1v) is 10.5. The van der Waals surface area contributed by atoms with Crippen LogP contribution in [0.2, 0.25) is 0 Å². The number of ether oxygens (including phenoxy) is 2. The highest BCUT2D eigenvalue weighted by Gasteiger charge is 2.48. The van der Waals surface area contributed by atoms with Gasteiger partial charge in [0.2, 0.25) is 0 Å². The summed E-state index contributed by atoms with van der Waals surface area (Å²) in [6.07, 6.45) is 2.92. The zero-order valence-electron chi connectivity index (χ0n) is 17.3. The molecule has 2 aromatic carbocycles. The molecule has 2 amide bonds. The SMILES string of the molecule is Cc1cccc(C)c1OCC(NC(=O)N1CCC12CCOCC2)c1ccccc1. The van der Waals surface area contributed by atoms with Crippen molar-refractivity contribution in [3.63, 3.8) is 0 Å². The Morgan fingerprint density at radius 2 is 1.76 bits per heavy atom. The van der Waals surface area contributed by atoms with E-state index in [0.717, 1.165) is 61.5 Å². The minimum Gasteiger partial charge on any atom is -0.491 e. The summed E-state index contributed by atoms with van der Waals surface area (Å²) in [6.45, 7) is 6.78. The highest BCUT2D eigenvalue weighted by Crippen LogP contribution is 2.39. The number of para-hydroxylation sites is 1. The van der Waals surface area contributed by atoms with E-state index in [1.807, 2.05) is 67.3 Å². The lowest BCUT2D eigenvalue weighted by Crippen LogP contribution is -2.66. The number of rotatable bonds is 5. The van der Waals surface area contributed by atoms with Crippen molar-refractivity contribution in [1.82, 2.24) is 10.2 Å². The number of hydrogen-bond donors (Lipinski definition) is 1. The molecule has 0 saturated carbocycles. The fraction of sp³-hybridized carbons (Fsp3) is 0.458. The number of benzene rings is 2. The van der Waals surface area contributed by atoms with Crippen molar-refractivity contribution in [2.24, 2.45) is 0 Å². The molecule has 1 atom stereocenters. The van der Waals surface area contributed by atoms with Crippen LogP contribution in [0.1, 0.15) is 42.0 Å². The Morgan fingerprint density at radius 3 is 2.38 bits per heavy atom. The van der Waals surface area contributed by atoms with Gasteiger partial charge in [-0.1, -0.05) is 48.5 Å². The molecule has 1 N–H and O–H groups in total. The zero-order valence-corrected chi connectivity index (χ0v) is 17.3. The predicted molar refractivity (Wildman–Crippen MR) is 113 cm³/mol. The Labute approximate surface area is 173 Å².